The van der Waals surface area contributed by atoms with Gasteiger partial charge in [0.05, 0.1) is 11.6 Å². The smallest absolute Gasteiger partial charge is 0.257 e. The zero-order valence-corrected chi connectivity index (χ0v) is 11.3. The molecular weight excluding hydrogens is 277 g/mol. The highest BCUT2D eigenvalue weighted by atomic mass is 19.1. The van der Waals surface area contributed by atoms with Gasteiger partial charge < -0.3 is 21.1 Å². The first-order chi connectivity index (χ1) is 9.97. The van der Waals surface area contributed by atoms with Gasteiger partial charge in [0, 0.05) is 24.3 Å². The summed E-state index contributed by atoms with van der Waals surface area (Å²) in [5.74, 6) is -1.76. The molecule has 6 nitrogen and oxygen atoms in total. The van der Waals surface area contributed by atoms with Crippen LogP contribution in [0, 0.1) is 11.7 Å². The number of nitrogens with two attached hydrogens (primary N) is 1. The number of nitrogens with one attached hydrogen (secondary N) is 1. The van der Waals surface area contributed by atoms with E-state index in [1.54, 1.807) is 4.90 Å². The van der Waals surface area contributed by atoms with E-state index in [2.05, 4.69) is 5.32 Å². The number of anilines is 2. The maximum absolute atomic E-state index is 14.2. The van der Waals surface area contributed by atoms with Crippen molar-refractivity contribution in [2.75, 3.05) is 23.3 Å². The van der Waals surface area contributed by atoms with Crippen molar-refractivity contribution in [2.45, 2.75) is 18.9 Å². The Labute approximate surface area is 120 Å². The number of hydrogen-bond donors (Lipinski definition) is 3. The molecule has 2 heterocycles. The zero-order valence-electron chi connectivity index (χ0n) is 11.3. The number of aliphatic hydroxyl groups excluding tert-OH is 1. The summed E-state index contributed by atoms with van der Waals surface area (Å²) in [6, 6.07) is 2.67. The van der Waals surface area contributed by atoms with Crippen LogP contribution in [0.5, 0.6) is 0 Å². The molecule has 3 rings (SSSR count). The molecule has 2 atom stereocenters. The number of benzene rings is 1. The van der Waals surface area contributed by atoms with E-state index in [1.807, 2.05) is 0 Å². The van der Waals surface area contributed by atoms with Gasteiger partial charge in [0.2, 0.25) is 5.91 Å². The number of carbonyl (C=O) groups excluding carboxylic acids is 2. The van der Waals surface area contributed by atoms with Gasteiger partial charge in [0.1, 0.15) is 5.82 Å². The molecule has 1 aromatic carbocycles. The number of amides is 2. The number of rotatable bonds is 2. The second-order valence-corrected chi connectivity index (χ2v) is 5.47. The molecule has 21 heavy (non-hydrogen) atoms. The highest BCUT2D eigenvalue weighted by Crippen LogP contribution is 2.37. The number of halogens is 1. The van der Waals surface area contributed by atoms with Crippen LogP contribution in [-0.2, 0) is 9.59 Å². The Kier molecular flexibility index (Phi) is 3.29. The Bertz CT molecular complexity index is 620. The lowest BCUT2D eigenvalue weighted by Crippen LogP contribution is -2.41. The molecule has 0 spiro atoms. The number of aliphatic hydroxyl groups is 1. The van der Waals surface area contributed by atoms with E-state index in [1.165, 1.54) is 12.1 Å². The van der Waals surface area contributed by atoms with Crippen molar-refractivity contribution in [1.29, 1.82) is 0 Å². The minimum atomic E-state index is -1.33. The maximum Gasteiger partial charge on any atom is 0.257 e. The third kappa shape index (κ3) is 2.33. The van der Waals surface area contributed by atoms with E-state index in [9.17, 15) is 19.1 Å². The summed E-state index contributed by atoms with van der Waals surface area (Å²) in [7, 11) is 0. The van der Waals surface area contributed by atoms with Crippen LogP contribution in [0.4, 0.5) is 15.8 Å². The monoisotopic (exact) mass is 293 g/mol. The van der Waals surface area contributed by atoms with Gasteiger partial charge in [0.15, 0.2) is 6.10 Å². The molecule has 0 radical (unpaired) electrons. The topological polar surface area (TPSA) is 95.7 Å². The number of hydrogen-bond acceptors (Lipinski definition) is 4. The molecule has 0 bridgehead atoms. The Morgan fingerprint density at radius 3 is 2.95 bits per heavy atom. The van der Waals surface area contributed by atoms with Crippen LogP contribution in [-0.4, -0.2) is 30.0 Å². The average molecular weight is 293 g/mol. The number of carbonyl (C=O) groups is 2. The average Bonchev–Trinajstić information content (AvgIpc) is 2.73. The van der Waals surface area contributed by atoms with Crippen molar-refractivity contribution in [3.63, 3.8) is 0 Å². The SMILES string of the molecule is NC(=O)C1CCCN(c2cc3c(cc2F)C(O)C(=O)N3)C1. The van der Waals surface area contributed by atoms with E-state index in [0.29, 0.717) is 30.9 Å². The first-order valence-electron chi connectivity index (χ1n) is 6.84. The van der Waals surface area contributed by atoms with Gasteiger partial charge in [-0.15, -0.1) is 0 Å². The number of nitrogens with zero attached hydrogens (tertiary/aromatic N) is 1. The maximum atomic E-state index is 14.2. The van der Waals surface area contributed by atoms with Crippen LogP contribution in [0.15, 0.2) is 12.1 Å². The second-order valence-electron chi connectivity index (χ2n) is 5.47. The van der Waals surface area contributed by atoms with E-state index < -0.39 is 17.8 Å². The number of fused-ring (bicyclic) bond motifs is 1. The summed E-state index contributed by atoms with van der Waals surface area (Å²) in [6.07, 6.45) is 0.121. The fourth-order valence-corrected chi connectivity index (χ4v) is 2.92. The Balaban J connectivity index is 1.91. The van der Waals surface area contributed by atoms with E-state index in [4.69, 9.17) is 5.73 Å². The van der Waals surface area contributed by atoms with Crippen LogP contribution in [0.1, 0.15) is 24.5 Å². The summed E-state index contributed by atoms with van der Waals surface area (Å²) in [5, 5.41) is 12.2. The summed E-state index contributed by atoms with van der Waals surface area (Å²) in [6.45, 7) is 0.984. The van der Waals surface area contributed by atoms with Crippen molar-refractivity contribution >= 4 is 23.2 Å². The molecule has 1 aromatic rings. The highest BCUT2D eigenvalue weighted by molar-refractivity contribution is 6.02. The van der Waals surface area contributed by atoms with Crippen LogP contribution in [0.3, 0.4) is 0 Å². The summed E-state index contributed by atoms with van der Waals surface area (Å²) in [4.78, 5) is 24.5. The largest absolute Gasteiger partial charge is 0.378 e. The standard InChI is InChI=1S/C14H16FN3O3/c15-9-4-8-10(17-14(21)12(8)19)5-11(9)18-3-1-2-7(6-18)13(16)20/h4-5,7,12,19H,1-3,6H2,(H2,16,20)(H,17,21). The molecule has 0 aliphatic carbocycles. The lowest BCUT2D eigenvalue weighted by atomic mass is 9.96. The quantitative estimate of drug-likeness (QED) is 0.740. The van der Waals surface area contributed by atoms with Crippen LogP contribution in [0.2, 0.25) is 0 Å². The predicted octanol–water partition coefficient (Wildman–Crippen LogP) is 0.513. The molecule has 0 aromatic heterocycles. The molecule has 2 aliphatic rings. The molecule has 0 saturated carbocycles. The van der Waals surface area contributed by atoms with Crippen molar-refractivity contribution in [3.8, 4) is 0 Å². The molecule has 1 fully saturated rings. The van der Waals surface area contributed by atoms with Crippen molar-refractivity contribution < 1.29 is 19.1 Å². The summed E-state index contributed by atoms with van der Waals surface area (Å²) >= 11 is 0. The first-order valence-corrected chi connectivity index (χ1v) is 6.84. The minimum absolute atomic E-state index is 0.240. The Morgan fingerprint density at radius 2 is 2.24 bits per heavy atom. The van der Waals surface area contributed by atoms with E-state index in [0.717, 1.165) is 6.42 Å². The molecule has 112 valence electrons. The lowest BCUT2D eigenvalue weighted by Gasteiger charge is -2.33. The zero-order chi connectivity index (χ0) is 15.1. The highest BCUT2D eigenvalue weighted by Gasteiger charge is 2.32. The van der Waals surface area contributed by atoms with E-state index in [-0.39, 0.29) is 17.4 Å². The summed E-state index contributed by atoms with van der Waals surface area (Å²) in [5.41, 5.74) is 6.28. The van der Waals surface area contributed by atoms with Crippen molar-refractivity contribution in [3.05, 3.63) is 23.5 Å². The number of primary amides is 1. The van der Waals surface area contributed by atoms with Gasteiger partial charge in [-0.2, -0.15) is 0 Å². The van der Waals surface area contributed by atoms with E-state index >= 15 is 0 Å². The predicted molar refractivity (Wildman–Crippen MR) is 74.1 cm³/mol. The fraction of sp³-hybridized carbons (Fsp3) is 0.429. The molecule has 2 amide bonds. The van der Waals surface area contributed by atoms with Crippen molar-refractivity contribution in [2.24, 2.45) is 11.7 Å². The second kappa shape index (κ2) is 5.00. The normalized spacial score (nSPS) is 24.7. The van der Waals surface area contributed by atoms with Gasteiger partial charge in [-0.05, 0) is 25.0 Å². The molecule has 7 heteroatoms. The molecule has 1 saturated heterocycles. The third-order valence-corrected chi connectivity index (χ3v) is 4.08. The van der Waals surface area contributed by atoms with Gasteiger partial charge in [0.25, 0.3) is 5.91 Å². The molecule has 2 unspecified atom stereocenters. The Hall–Kier alpha value is -2.15. The number of piperidine rings is 1. The first kappa shape index (κ1) is 13.8. The Morgan fingerprint density at radius 1 is 1.48 bits per heavy atom. The molecular formula is C14H16FN3O3. The van der Waals surface area contributed by atoms with Gasteiger partial charge in [-0.25, -0.2) is 4.39 Å². The lowest BCUT2D eigenvalue weighted by molar-refractivity contribution is -0.123. The van der Waals surface area contributed by atoms with Crippen LogP contribution in [0.25, 0.3) is 0 Å². The van der Waals surface area contributed by atoms with Crippen LogP contribution < -0.4 is 16.0 Å². The third-order valence-electron chi connectivity index (χ3n) is 4.08. The molecule has 2 aliphatic heterocycles. The summed E-state index contributed by atoms with van der Waals surface area (Å²) < 4.78 is 14.2. The van der Waals surface area contributed by atoms with Gasteiger partial charge in [-0.1, -0.05) is 0 Å². The molecule has 4 N–H and O–H groups in total. The van der Waals surface area contributed by atoms with Crippen molar-refractivity contribution in [1.82, 2.24) is 0 Å². The van der Waals surface area contributed by atoms with Gasteiger partial charge >= 0.3 is 0 Å². The minimum Gasteiger partial charge on any atom is -0.378 e. The van der Waals surface area contributed by atoms with Crippen LogP contribution >= 0.6 is 0 Å². The fourth-order valence-electron chi connectivity index (χ4n) is 2.92. The van der Waals surface area contributed by atoms with Gasteiger partial charge in [-0.3, -0.25) is 9.59 Å².